The van der Waals surface area contributed by atoms with Crippen molar-refractivity contribution in [1.82, 2.24) is 9.55 Å². The molecule has 1 saturated heterocycles. The number of nitrogens with zero attached hydrogens (tertiary/aromatic N) is 2. The molecular formula is C10H10FN3O5. The third kappa shape index (κ3) is 1.95. The van der Waals surface area contributed by atoms with Gasteiger partial charge >= 0.3 is 5.69 Å². The molecule has 0 amide bonds. The molecule has 1 fully saturated rings. The van der Waals surface area contributed by atoms with Gasteiger partial charge in [0.2, 0.25) is 5.60 Å². The lowest BCUT2D eigenvalue weighted by Gasteiger charge is -2.21. The highest BCUT2D eigenvalue weighted by atomic mass is 19.1. The van der Waals surface area contributed by atoms with Crippen LogP contribution in [-0.4, -0.2) is 44.2 Å². The van der Waals surface area contributed by atoms with E-state index in [9.17, 15) is 19.1 Å². The maximum absolute atomic E-state index is 13.9. The van der Waals surface area contributed by atoms with Crippen molar-refractivity contribution in [1.29, 1.82) is 5.26 Å². The van der Waals surface area contributed by atoms with Gasteiger partial charge in [0.15, 0.2) is 12.4 Å². The molecule has 102 valence electrons. The minimum Gasteiger partial charge on any atom is -0.392 e. The van der Waals surface area contributed by atoms with Crippen LogP contribution in [0.5, 0.6) is 0 Å². The van der Waals surface area contributed by atoms with E-state index in [1.165, 1.54) is 6.07 Å². The van der Waals surface area contributed by atoms with E-state index in [2.05, 4.69) is 0 Å². The number of rotatable bonds is 2. The summed E-state index contributed by atoms with van der Waals surface area (Å²) >= 11 is 0. The molecular weight excluding hydrogens is 261 g/mol. The largest absolute Gasteiger partial charge is 0.392 e. The normalized spacial score (nSPS) is 34.1. The third-order valence-corrected chi connectivity index (χ3v) is 2.93. The fourth-order valence-corrected chi connectivity index (χ4v) is 1.86. The SMILES string of the molecule is N#C[C@]1(CO)O[C@@H](n2ccc(=O)[nH]c2=O)[C@@H](F)[C@@H]1O. The Bertz CT molecular complexity index is 635. The van der Waals surface area contributed by atoms with Crippen molar-refractivity contribution in [3.63, 3.8) is 0 Å². The third-order valence-electron chi connectivity index (χ3n) is 2.93. The van der Waals surface area contributed by atoms with Crippen molar-refractivity contribution in [2.24, 2.45) is 0 Å². The summed E-state index contributed by atoms with van der Waals surface area (Å²) < 4.78 is 19.6. The van der Waals surface area contributed by atoms with Crippen molar-refractivity contribution in [3.8, 4) is 6.07 Å². The molecule has 0 radical (unpaired) electrons. The number of ether oxygens (including phenoxy) is 1. The van der Waals surface area contributed by atoms with Crippen LogP contribution in [0.2, 0.25) is 0 Å². The van der Waals surface area contributed by atoms with E-state index >= 15 is 0 Å². The van der Waals surface area contributed by atoms with Gasteiger partial charge in [-0.05, 0) is 0 Å². The van der Waals surface area contributed by atoms with Crippen LogP contribution in [-0.2, 0) is 4.74 Å². The molecule has 0 aromatic carbocycles. The number of aromatic nitrogens is 2. The molecule has 1 aliphatic heterocycles. The molecule has 9 heteroatoms. The molecule has 0 spiro atoms. The molecule has 8 nitrogen and oxygen atoms in total. The van der Waals surface area contributed by atoms with Crippen LogP contribution in [0.1, 0.15) is 6.23 Å². The van der Waals surface area contributed by atoms with Crippen LogP contribution >= 0.6 is 0 Å². The topological polar surface area (TPSA) is 128 Å². The predicted octanol–water partition coefficient (Wildman–Crippen LogP) is -1.98. The van der Waals surface area contributed by atoms with Crippen LogP contribution in [0, 0.1) is 11.3 Å². The summed E-state index contributed by atoms with van der Waals surface area (Å²) in [4.78, 5) is 24.3. The summed E-state index contributed by atoms with van der Waals surface area (Å²) in [7, 11) is 0. The lowest BCUT2D eigenvalue weighted by atomic mass is 9.99. The van der Waals surface area contributed by atoms with Gasteiger partial charge in [0.05, 0.1) is 6.61 Å². The Hall–Kier alpha value is -2.02. The average Bonchev–Trinajstić information content (AvgIpc) is 2.64. The highest BCUT2D eigenvalue weighted by Gasteiger charge is 2.56. The molecule has 19 heavy (non-hydrogen) atoms. The van der Waals surface area contributed by atoms with Gasteiger partial charge in [0.25, 0.3) is 5.56 Å². The first-order valence-electron chi connectivity index (χ1n) is 5.29. The van der Waals surface area contributed by atoms with E-state index in [-0.39, 0.29) is 0 Å². The monoisotopic (exact) mass is 271 g/mol. The average molecular weight is 271 g/mol. The lowest BCUT2D eigenvalue weighted by Crippen LogP contribution is -2.44. The number of nitriles is 1. The van der Waals surface area contributed by atoms with E-state index in [4.69, 9.17) is 15.1 Å². The van der Waals surface area contributed by atoms with Gasteiger partial charge in [-0.15, -0.1) is 0 Å². The molecule has 2 heterocycles. The molecule has 0 aliphatic carbocycles. The predicted molar refractivity (Wildman–Crippen MR) is 57.8 cm³/mol. The molecule has 0 saturated carbocycles. The fourth-order valence-electron chi connectivity index (χ4n) is 1.86. The van der Waals surface area contributed by atoms with Crippen LogP contribution in [0.15, 0.2) is 21.9 Å². The quantitative estimate of drug-likeness (QED) is 0.571. The Morgan fingerprint density at radius 1 is 1.63 bits per heavy atom. The summed E-state index contributed by atoms with van der Waals surface area (Å²) in [5, 5.41) is 27.6. The highest BCUT2D eigenvalue weighted by molar-refractivity contribution is 5.14. The van der Waals surface area contributed by atoms with Crippen LogP contribution in [0.3, 0.4) is 0 Å². The summed E-state index contributed by atoms with van der Waals surface area (Å²) in [5.74, 6) is 0. The number of hydrogen-bond acceptors (Lipinski definition) is 6. The second-order valence-corrected chi connectivity index (χ2v) is 4.07. The van der Waals surface area contributed by atoms with Crippen molar-refractivity contribution < 1.29 is 19.3 Å². The van der Waals surface area contributed by atoms with Crippen molar-refractivity contribution in [2.45, 2.75) is 24.1 Å². The Morgan fingerprint density at radius 2 is 2.32 bits per heavy atom. The van der Waals surface area contributed by atoms with E-state index < -0.39 is 42.0 Å². The number of aliphatic hydroxyl groups excluding tert-OH is 2. The minimum absolute atomic E-state index is 0.677. The summed E-state index contributed by atoms with van der Waals surface area (Å²) in [5.41, 5.74) is -3.76. The van der Waals surface area contributed by atoms with Crippen LogP contribution in [0.4, 0.5) is 4.39 Å². The van der Waals surface area contributed by atoms with Crippen LogP contribution < -0.4 is 11.2 Å². The number of hydrogen-bond donors (Lipinski definition) is 3. The summed E-state index contributed by atoms with van der Waals surface area (Å²) in [6, 6.07) is 2.46. The maximum atomic E-state index is 13.9. The van der Waals surface area contributed by atoms with Gasteiger partial charge in [-0.3, -0.25) is 14.3 Å². The molecule has 1 aromatic rings. The minimum atomic E-state index is -2.14. The number of halogens is 1. The number of aliphatic hydroxyl groups is 2. The molecule has 1 aliphatic rings. The summed E-state index contributed by atoms with van der Waals surface area (Å²) in [6.07, 6.45) is -4.64. The molecule has 2 rings (SSSR count). The number of aromatic amines is 1. The number of H-pyrrole nitrogens is 1. The second kappa shape index (κ2) is 4.58. The van der Waals surface area contributed by atoms with E-state index in [0.717, 1.165) is 12.3 Å². The first-order chi connectivity index (χ1) is 8.95. The lowest BCUT2D eigenvalue weighted by molar-refractivity contribution is -0.0935. The van der Waals surface area contributed by atoms with Gasteiger partial charge in [-0.2, -0.15) is 5.26 Å². The Labute approximate surface area is 105 Å². The summed E-state index contributed by atoms with van der Waals surface area (Å²) in [6.45, 7) is -0.931. The zero-order chi connectivity index (χ0) is 14.2. The van der Waals surface area contributed by atoms with E-state index in [1.807, 2.05) is 4.98 Å². The van der Waals surface area contributed by atoms with Gasteiger partial charge in [-0.25, -0.2) is 9.18 Å². The smallest absolute Gasteiger partial charge is 0.330 e. The number of alkyl halides is 1. The van der Waals surface area contributed by atoms with Gasteiger partial charge in [0, 0.05) is 12.3 Å². The Morgan fingerprint density at radius 3 is 2.79 bits per heavy atom. The Kier molecular flexibility index (Phi) is 3.23. The molecule has 0 unspecified atom stereocenters. The van der Waals surface area contributed by atoms with Gasteiger partial charge < -0.3 is 14.9 Å². The first-order valence-corrected chi connectivity index (χ1v) is 5.29. The van der Waals surface area contributed by atoms with E-state index in [1.54, 1.807) is 0 Å². The van der Waals surface area contributed by atoms with Crippen molar-refractivity contribution >= 4 is 0 Å². The Balaban J connectivity index is 2.46. The fraction of sp³-hybridized carbons (Fsp3) is 0.500. The molecule has 4 atom stereocenters. The van der Waals surface area contributed by atoms with Crippen LogP contribution in [0.25, 0.3) is 0 Å². The zero-order valence-electron chi connectivity index (χ0n) is 9.49. The molecule has 3 N–H and O–H groups in total. The highest BCUT2D eigenvalue weighted by Crippen LogP contribution is 2.37. The van der Waals surface area contributed by atoms with E-state index in [0.29, 0.717) is 4.57 Å². The number of nitrogens with one attached hydrogen (secondary N) is 1. The maximum Gasteiger partial charge on any atom is 0.330 e. The van der Waals surface area contributed by atoms with Crippen molar-refractivity contribution in [2.75, 3.05) is 6.61 Å². The first kappa shape index (κ1) is 13.4. The molecule has 0 bridgehead atoms. The standard InChI is InChI=1S/C10H10FN3O5/c11-6-7(17)10(3-12,4-15)19-8(6)14-2-1-5(16)13-9(14)18/h1-2,6-8,15,17H,4H2,(H,13,16,18)/t6-,7-,8+,10+/m0/s1. The van der Waals surface area contributed by atoms with Crippen molar-refractivity contribution in [3.05, 3.63) is 33.1 Å². The zero-order valence-corrected chi connectivity index (χ0v) is 9.49. The second-order valence-electron chi connectivity index (χ2n) is 4.07. The van der Waals surface area contributed by atoms with Gasteiger partial charge in [0.1, 0.15) is 12.2 Å². The van der Waals surface area contributed by atoms with Gasteiger partial charge in [-0.1, -0.05) is 0 Å². The molecule has 1 aromatic heterocycles.